The first-order valence-electron chi connectivity index (χ1n) is 10.3. The summed E-state index contributed by atoms with van der Waals surface area (Å²) in [6, 6.07) is 7.43. The van der Waals surface area contributed by atoms with Crippen LogP contribution in [-0.4, -0.2) is 53.3 Å². The second-order valence-corrected chi connectivity index (χ2v) is 7.51. The van der Waals surface area contributed by atoms with Crippen molar-refractivity contribution in [1.29, 1.82) is 0 Å². The number of nitrogens with one attached hydrogen (secondary N) is 3. The normalized spacial score (nSPS) is 13.6. The van der Waals surface area contributed by atoms with E-state index in [2.05, 4.69) is 16.0 Å². The van der Waals surface area contributed by atoms with Crippen LogP contribution in [0.25, 0.3) is 0 Å². The molecule has 8 heteroatoms. The largest absolute Gasteiger partial charge is 0.444 e. The van der Waals surface area contributed by atoms with E-state index in [0.29, 0.717) is 6.54 Å². The molecule has 30 heavy (non-hydrogen) atoms. The van der Waals surface area contributed by atoms with Crippen LogP contribution in [0.4, 0.5) is 4.79 Å². The zero-order valence-electron chi connectivity index (χ0n) is 19.1. The Labute approximate surface area is 179 Å². The van der Waals surface area contributed by atoms with E-state index in [4.69, 9.17) is 4.74 Å². The van der Waals surface area contributed by atoms with E-state index in [9.17, 15) is 19.5 Å². The van der Waals surface area contributed by atoms with Gasteiger partial charge in [-0.15, -0.1) is 0 Å². The summed E-state index contributed by atoms with van der Waals surface area (Å²) in [7, 11) is 0. The van der Waals surface area contributed by atoms with Gasteiger partial charge >= 0.3 is 6.09 Å². The minimum absolute atomic E-state index is 0.254. The molecule has 0 aliphatic rings. The number of aliphatic hydroxyl groups is 1. The van der Waals surface area contributed by atoms with Crippen LogP contribution in [0.5, 0.6) is 0 Å². The number of likely N-dealkylation sites (N-methyl/N-ethyl adjacent to an activating group) is 1. The lowest BCUT2D eigenvalue weighted by molar-refractivity contribution is -0.132. The molecule has 1 aromatic carbocycles. The van der Waals surface area contributed by atoms with Crippen LogP contribution in [0.3, 0.4) is 0 Å². The Morgan fingerprint density at radius 2 is 1.60 bits per heavy atom. The molecule has 0 saturated heterocycles. The monoisotopic (exact) mass is 423 g/mol. The summed E-state index contributed by atoms with van der Waals surface area (Å²) >= 11 is 0. The quantitative estimate of drug-likeness (QED) is 0.511. The molecule has 2 unspecified atom stereocenters. The molecular weight excluding hydrogens is 386 g/mol. The highest BCUT2D eigenvalue weighted by Crippen LogP contribution is 2.09. The van der Waals surface area contributed by atoms with E-state index >= 15 is 0 Å². The zero-order chi connectivity index (χ0) is 23.3. The third-order valence-corrected chi connectivity index (χ3v) is 3.75. The van der Waals surface area contributed by atoms with Crippen LogP contribution in [0.15, 0.2) is 30.3 Å². The van der Waals surface area contributed by atoms with Gasteiger partial charge < -0.3 is 25.8 Å². The van der Waals surface area contributed by atoms with Crippen molar-refractivity contribution in [3.63, 3.8) is 0 Å². The summed E-state index contributed by atoms with van der Waals surface area (Å²) in [6.07, 6.45) is -1.90. The highest BCUT2D eigenvalue weighted by Gasteiger charge is 2.29. The van der Waals surface area contributed by atoms with Crippen molar-refractivity contribution < 1.29 is 24.2 Å². The topological polar surface area (TPSA) is 117 Å². The Morgan fingerprint density at radius 3 is 2.10 bits per heavy atom. The minimum Gasteiger partial charge on any atom is -0.444 e. The van der Waals surface area contributed by atoms with Crippen LogP contribution in [0.1, 0.15) is 54.0 Å². The van der Waals surface area contributed by atoms with Crippen molar-refractivity contribution in [2.45, 2.75) is 78.7 Å². The molecule has 0 heterocycles. The second kappa shape index (κ2) is 13.6. The summed E-state index contributed by atoms with van der Waals surface area (Å²) in [5, 5.41) is 18.0. The van der Waals surface area contributed by atoms with Crippen LogP contribution in [0.2, 0.25) is 0 Å². The number of carbonyl (C=O) groups is 3. The fraction of sp³-hybridized carbons (Fsp3) is 0.591. The maximum Gasteiger partial charge on any atom is 0.408 e. The van der Waals surface area contributed by atoms with Crippen molar-refractivity contribution in [3.8, 4) is 0 Å². The number of aliphatic hydroxyl groups excluding tert-OH is 1. The van der Waals surface area contributed by atoms with E-state index < -0.39 is 41.7 Å². The molecule has 0 aromatic heterocycles. The van der Waals surface area contributed by atoms with Gasteiger partial charge in [0, 0.05) is 6.54 Å². The first-order chi connectivity index (χ1) is 14.0. The molecule has 1 aromatic rings. The molecular formula is C22H37N3O5. The molecule has 8 nitrogen and oxygen atoms in total. The highest BCUT2D eigenvalue weighted by atomic mass is 16.6. The average molecular weight is 424 g/mol. The number of hydrogen-bond donors (Lipinski definition) is 4. The van der Waals surface area contributed by atoms with Gasteiger partial charge in [0.25, 0.3) is 5.91 Å². The lowest BCUT2D eigenvalue weighted by Gasteiger charge is -2.26. The molecule has 0 aliphatic carbocycles. The molecule has 0 spiro atoms. The van der Waals surface area contributed by atoms with Gasteiger partial charge in [0.15, 0.2) is 6.10 Å². The molecule has 0 bridgehead atoms. The summed E-state index contributed by atoms with van der Waals surface area (Å²) in [4.78, 5) is 36.4. The van der Waals surface area contributed by atoms with E-state index in [1.807, 2.05) is 44.2 Å². The smallest absolute Gasteiger partial charge is 0.408 e. The van der Waals surface area contributed by atoms with Gasteiger partial charge in [0.2, 0.25) is 5.91 Å². The predicted molar refractivity (Wildman–Crippen MR) is 117 cm³/mol. The Morgan fingerprint density at radius 1 is 1.03 bits per heavy atom. The summed E-state index contributed by atoms with van der Waals surface area (Å²) < 4.78 is 5.13. The lowest BCUT2D eigenvalue weighted by Crippen LogP contribution is -2.55. The summed E-state index contributed by atoms with van der Waals surface area (Å²) in [5.74, 6) is -1.10. The lowest BCUT2D eigenvalue weighted by atomic mass is 10.00. The van der Waals surface area contributed by atoms with Crippen LogP contribution in [0, 0.1) is 0 Å². The van der Waals surface area contributed by atoms with Gasteiger partial charge in [-0.05, 0) is 46.6 Å². The predicted octanol–water partition coefficient (Wildman–Crippen LogP) is 2.15. The van der Waals surface area contributed by atoms with Crippen LogP contribution < -0.4 is 16.0 Å². The standard InChI is InChI=1S/C20H31N3O5.C2H6/c1-6-21-18(26)16(24)15(12-14-10-8-7-9-11-14)23-17(25)13(2)22-19(27)28-20(3,4)5;1-2/h7-11,13,15-16,24H,6,12H2,1-5H3,(H,21,26)(H,22,27)(H,23,25);1-2H3/t13-,15?,16?;/m0./s1. The Balaban J connectivity index is 0.00000407. The molecule has 170 valence electrons. The number of ether oxygens (including phenoxy) is 1. The molecule has 0 saturated carbocycles. The van der Waals surface area contributed by atoms with Gasteiger partial charge in [-0.25, -0.2) is 4.79 Å². The zero-order valence-corrected chi connectivity index (χ0v) is 19.1. The number of amides is 3. The first kappa shape index (κ1) is 27.4. The van der Waals surface area contributed by atoms with E-state index in [1.54, 1.807) is 27.7 Å². The van der Waals surface area contributed by atoms with E-state index in [-0.39, 0.29) is 6.42 Å². The number of rotatable bonds is 8. The molecule has 1 rings (SSSR count). The van der Waals surface area contributed by atoms with Gasteiger partial charge in [0.05, 0.1) is 6.04 Å². The first-order valence-corrected chi connectivity index (χ1v) is 10.3. The van der Waals surface area contributed by atoms with Gasteiger partial charge in [0.1, 0.15) is 11.6 Å². The fourth-order valence-electron chi connectivity index (χ4n) is 2.43. The highest BCUT2D eigenvalue weighted by molar-refractivity contribution is 5.87. The molecule has 4 N–H and O–H groups in total. The van der Waals surface area contributed by atoms with Crippen molar-refractivity contribution in [2.24, 2.45) is 0 Å². The Hall–Kier alpha value is -2.61. The average Bonchev–Trinajstić information content (AvgIpc) is 2.67. The molecule has 3 atom stereocenters. The second-order valence-electron chi connectivity index (χ2n) is 7.51. The SMILES string of the molecule is CC.CCNC(=O)C(O)C(Cc1ccccc1)NC(=O)[C@H](C)NC(=O)OC(C)(C)C. The molecule has 0 aliphatic heterocycles. The summed E-state index contributed by atoms with van der Waals surface area (Å²) in [6.45, 7) is 12.7. The van der Waals surface area contributed by atoms with Crippen molar-refractivity contribution in [2.75, 3.05) is 6.54 Å². The van der Waals surface area contributed by atoms with Crippen molar-refractivity contribution in [3.05, 3.63) is 35.9 Å². The minimum atomic E-state index is -1.43. The number of carbonyl (C=O) groups excluding carboxylic acids is 3. The van der Waals surface area contributed by atoms with Crippen molar-refractivity contribution in [1.82, 2.24) is 16.0 Å². The third-order valence-electron chi connectivity index (χ3n) is 3.75. The molecule has 3 amide bonds. The number of benzene rings is 1. The maximum absolute atomic E-state index is 12.5. The molecule has 0 fully saturated rings. The third kappa shape index (κ3) is 10.8. The Bertz CT molecular complexity index is 658. The van der Waals surface area contributed by atoms with Crippen molar-refractivity contribution >= 4 is 17.9 Å². The van der Waals surface area contributed by atoms with E-state index in [1.165, 1.54) is 6.92 Å². The van der Waals surface area contributed by atoms with Gasteiger partial charge in [-0.1, -0.05) is 44.2 Å². The maximum atomic E-state index is 12.5. The fourth-order valence-corrected chi connectivity index (χ4v) is 2.43. The molecule has 0 radical (unpaired) electrons. The number of hydrogen-bond acceptors (Lipinski definition) is 5. The van der Waals surface area contributed by atoms with Gasteiger partial charge in [-0.2, -0.15) is 0 Å². The van der Waals surface area contributed by atoms with Crippen LogP contribution >= 0.6 is 0 Å². The summed E-state index contributed by atoms with van der Waals surface area (Å²) in [5.41, 5.74) is 0.161. The van der Waals surface area contributed by atoms with E-state index in [0.717, 1.165) is 5.56 Å². The Kier molecular flexibility index (Phi) is 12.4. The number of alkyl carbamates (subject to hydrolysis) is 1. The van der Waals surface area contributed by atoms with Gasteiger partial charge in [-0.3, -0.25) is 9.59 Å². The van der Waals surface area contributed by atoms with Crippen LogP contribution in [-0.2, 0) is 20.7 Å².